The van der Waals surface area contributed by atoms with Gasteiger partial charge in [0.2, 0.25) is 0 Å². The maximum atomic E-state index is 8.74. The average molecular weight is 351 g/mol. The maximum absolute atomic E-state index is 8.74. The zero-order valence-electron chi connectivity index (χ0n) is 7.91. The van der Waals surface area contributed by atoms with Gasteiger partial charge in [0.05, 0.1) is 0 Å². The number of hydrogen-bond acceptors (Lipinski definition) is 3. The number of rotatable bonds is 0. The predicted octanol–water partition coefficient (Wildman–Crippen LogP) is -9.88. The van der Waals surface area contributed by atoms with Crippen LogP contribution in [-0.2, 0) is 13.4 Å². The molecule has 0 radical (unpaired) electrons. The van der Waals surface area contributed by atoms with E-state index in [1.165, 1.54) is 0 Å². The van der Waals surface area contributed by atoms with Gasteiger partial charge in [-0.15, -0.1) is 0 Å². The average Bonchev–Trinajstić information content (AvgIpc) is 1.54. The highest BCUT2D eigenvalue weighted by Gasteiger charge is 1.85. The minimum atomic E-state index is -3.13. The maximum Gasteiger partial charge on any atom is 0.761 e. The summed E-state index contributed by atoms with van der Waals surface area (Å²) in [5.41, 5.74) is 0. The first-order valence-electron chi connectivity index (χ1n) is 1.95. The lowest BCUT2D eigenvalue weighted by Gasteiger charge is -1.55. The first kappa shape index (κ1) is 66.3. The Hall–Kier alpha value is -0.583. The van der Waals surface area contributed by atoms with Crippen molar-refractivity contribution in [2.24, 2.45) is 0 Å². The quantitative estimate of drug-likeness (QED) is 0.225. The van der Waals surface area contributed by atoms with Gasteiger partial charge in [0, 0.05) is 0 Å². The number of hydrogen-bond donors (Lipinski definition) is 6. The third-order valence-corrected chi connectivity index (χ3v) is 0. The predicted molar refractivity (Wildman–Crippen MR) is 59.2 cm³/mol. The van der Waals surface area contributed by atoms with Crippen molar-refractivity contribution in [3.05, 3.63) is 0 Å². The summed E-state index contributed by atoms with van der Waals surface area (Å²) in [6, 6.07) is 0. The molecule has 0 fully saturated rings. The molecule has 0 aromatic rings. The van der Waals surface area contributed by atoms with Crippen LogP contribution in [0.1, 0.15) is 0 Å². The second kappa shape index (κ2) is 55.1. The van der Waals surface area contributed by atoms with Crippen LogP contribution in [0.25, 0.3) is 0 Å². The summed E-state index contributed by atoms with van der Waals surface area (Å²) in [5.74, 6) is 0. The zero-order valence-corrected chi connectivity index (χ0v) is 10.9. The topological polar surface area (TPSA) is 330 Å². The van der Waals surface area contributed by atoms with E-state index in [1.54, 1.807) is 0 Å². The minimum Gasteiger partial charge on any atom is -0.511 e. The molecule has 0 atom stereocenters. The lowest BCUT2D eigenvalue weighted by atomic mass is 15.8. The standard InChI is InChI=1S/Mg.3H2O3Si.5H2O.2H/c;3*1-4(2)3;;;;;;;/h;3*1-2H;5*1H2;;. The highest BCUT2D eigenvalue weighted by molar-refractivity contribution is 6.22. The van der Waals surface area contributed by atoms with Crippen molar-refractivity contribution in [2.45, 2.75) is 0 Å². The molecule has 0 heterocycles. The van der Waals surface area contributed by atoms with Crippen molar-refractivity contribution in [1.82, 2.24) is 0 Å². The molecule has 0 aliphatic rings. The fourth-order valence-electron chi connectivity index (χ4n) is 0. The molecule has 0 saturated carbocycles. The fraction of sp³-hybridized carbons (Fsp3) is 0. The van der Waals surface area contributed by atoms with E-state index in [4.69, 9.17) is 42.2 Å². The van der Waals surface area contributed by atoms with Crippen LogP contribution in [0.5, 0.6) is 0 Å². The monoisotopic (exact) mass is 350 g/mol. The first-order valence-corrected chi connectivity index (χ1v) is 5.86. The van der Waals surface area contributed by atoms with Crippen LogP contribution < -0.4 is 0 Å². The Morgan fingerprint density at radius 2 is 0.444 bits per heavy atom. The van der Waals surface area contributed by atoms with E-state index in [9.17, 15) is 0 Å². The summed E-state index contributed by atoms with van der Waals surface area (Å²) in [5, 5.41) is 0. The summed E-state index contributed by atoms with van der Waals surface area (Å²) in [4.78, 5) is 42.9. The van der Waals surface area contributed by atoms with Crippen LogP contribution in [0.4, 0.5) is 0 Å². The first-order chi connectivity index (χ1) is 5.20. The lowest BCUT2D eigenvalue weighted by Crippen LogP contribution is -1.90. The van der Waals surface area contributed by atoms with Crippen LogP contribution in [0.15, 0.2) is 0 Å². The summed E-state index contributed by atoms with van der Waals surface area (Å²) in [6.45, 7) is 0. The van der Waals surface area contributed by atoms with Gasteiger partial charge in [-0.25, -0.2) is 0 Å². The fourth-order valence-corrected chi connectivity index (χ4v) is 0. The molecule has 0 rings (SSSR count). The molecule has 18 heavy (non-hydrogen) atoms. The van der Waals surface area contributed by atoms with Crippen molar-refractivity contribution in [1.29, 1.82) is 0 Å². The summed E-state index contributed by atoms with van der Waals surface area (Å²) in [7, 11) is -9.39. The summed E-state index contributed by atoms with van der Waals surface area (Å²) >= 11 is 0. The molecule has 0 saturated heterocycles. The molecule has 0 unspecified atom stereocenters. The van der Waals surface area contributed by atoms with Gasteiger partial charge in [-0.2, -0.15) is 0 Å². The molecule has 18 heteroatoms. The van der Waals surface area contributed by atoms with Crippen LogP contribution >= 0.6 is 0 Å². The van der Waals surface area contributed by atoms with E-state index in [-0.39, 0.29) is 50.4 Å². The third kappa shape index (κ3) is 9420. The zero-order chi connectivity index (χ0) is 10.7. The van der Waals surface area contributed by atoms with Crippen molar-refractivity contribution in [3.63, 3.8) is 0 Å². The van der Waals surface area contributed by atoms with Crippen LogP contribution in [0, 0.1) is 0 Å². The van der Waals surface area contributed by atoms with Crippen molar-refractivity contribution in [3.8, 4) is 0 Å². The van der Waals surface area contributed by atoms with Crippen molar-refractivity contribution < 1.29 is 69.5 Å². The van der Waals surface area contributed by atoms with Gasteiger partial charge in [-0.1, -0.05) is 0 Å². The summed E-state index contributed by atoms with van der Waals surface area (Å²) in [6.07, 6.45) is 0. The van der Waals surface area contributed by atoms with Crippen LogP contribution in [0.2, 0.25) is 0 Å². The SMILES string of the molecule is O.O.O.O.O.O=[Si](O)O.O=[Si](O)O.O=[Si](O)O.[MgH2]. The van der Waals surface area contributed by atoms with Gasteiger partial charge in [0.25, 0.3) is 0 Å². The molecule has 116 valence electrons. The Labute approximate surface area is 120 Å². The normalized spacial score (nSPS) is 4.00. The molecular weight excluding hydrogens is 333 g/mol. The largest absolute Gasteiger partial charge is 0.761 e. The highest BCUT2D eigenvalue weighted by Crippen LogP contribution is 1.27. The minimum absolute atomic E-state index is 0. The second-order valence-corrected chi connectivity index (χ2v) is 2.54. The second-order valence-electron chi connectivity index (χ2n) is 0.848. The molecule has 16 N–H and O–H groups in total. The van der Waals surface area contributed by atoms with Gasteiger partial charge in [0.15, 0.2) is 0 Å². The lowest BCUT2D eigenvalue weighted by molar-refractivity contribution is 0.328. The Bertz CT molecular complexity index is 115. The summed E-state index contributed by atoms with van der Waals surface area (Å²) < 4.78 is 26.2. The Balaban J connectivity index is -0.00000000827. The van der Waals surface area contributed by atoms with Gasteiger partial charge < -0.3 is 56.2 Å². The van der Waals surface area contributed by atoms with E-state index in [2.05, 4.69) is 0 Å². The van der Waals surface area contributed by atoms with E-state index in [0.29, 0.717) is 0 Å². The van der Waals surface area contributed by atoms with Gasteiger partial charge in [-0.3, -0.25) is 13.4 Å². The van der Waals surface area contributed by atoms with Gasteiger partial charge in [0.1, 0.15) is 0 Å². The van der Waals surface area contributed by atoms with Crippen LogP contribution in [-0.4, -0.2) is 107 Å². The molecule has 0 aliphatic carbocycles. The molecule has 0 spiro atoms. The molecule has 0 aliphatic heterocycles. The smallest absolute Gasteiger partial charge is 0.511 e. The van der Waals surface area contributed by atoms with E-state index in [0.717, 1.165) is 0 Å². The Kier molecular flexibility index (Phi) is 203. The van der Waals surface area contributed by atoms with E-state index < -0.39 is 27.5 Å². The van der Waals surface area contributed by atoms with Crippen molar-refractivity contribution in [2.75, 3.05) is 0 Å². The molecule has 0 bridgehead atoms. The highest BCUT2D eigenvalue weighted by atomic mass is 28.3. The van der Waals surface area contributed by atoms with Gasteiger partial charge in [-0.05, 0) is 0 Å². The third-order valence-electron chi connectivity index (χ3n) is 0. The van der Waals surface area contributed by atoms with Crippen molar-refractivity contribution >= 4 is 50.6 Å². The van der Waals surface area contributed by atoms with E-state index >= 15 is 0 Å². The van der Waals surface area contributed by atoms with E-state index in [1.807, 2.05) is 0 Å². The molecule has 0 amide bonds. The Morgan fingerprint density at radius 1 is 0.444 bits per heavy atom. The molecule has 0 aromatic heterocycles. The van der Waals surface area contributed by atoms with Crippen LogP contribution in [0.3, 0.4) is 0 Å². The molecular formula is H18MgO14Si3. The molecule has 14 nitrogen and oxygen atoms in total. The molecule has 0 aromatic carbocycles. The van der Waals surface area contributed by atoms with Gasteiger partial charge >= 0.3 is 50.6 Å². The Morgan fingerprint density at radius 3 is 0.444 bits per heavy atom.